The van der Waals surface area contributed by atoms with Gasteiger partial charge in [0, 0.05) is 11.6 Å². The number of nitrogens with zero attached hydrogens (tertiary/aromatic N) is 1. The second kappa shape index (κ2) is 9.52. The highest BCUT2D eigenvalue weighted by molar-refractivity contribution is 5.85. The minimum atomic E-state index is 0. The predicted octanol–water partition coefficient (Wildman–Crippen LogP) is 3.44. The van der Waals surface area contributed by atoms with Crippen LogP contribution in [0.15, 0.2) is 18.2 Å². The molecule has 0 amide bonds. The van der Waals surface area contributed by atoms with E-state index < -0.39 is 0 Å². The Balaban J connectivity index is 0.00000200. The predicted molar refractivity (Wildman–Crippen MR) is 94.0 cm³/mol. The molecule has 0 fully saturated rings. The van der Waals surface area contributed by atoms with Gasteiger partial charge in [-0.15, -0.1) is 24.8 Å². The van der Waals surface area contributed by atoms with Crippen LogP contribution in [0.2, 0.25) is 0 Å². The molecule has 5 heteroatoms. The van der Waals surface area contributed by atoms with Crippen LogP contribution in [0.1, 0.15) is 36.4 Å². The van der Waals surface area contributed by atoms with Crippen LogP contribution >= 0.6 is 24.8 Å². The second-order valence-electron chi connectivity index (χ2n) is 5.80. The molecule has 3 nitrogen and oxygen atoms in total. The molecular weight excluding hydrogens is 307 g/mol. The average Bonchev–Trinajstić information content (AvgIpc) is 2.40. The first kappa shape index (κ1) is 20.5. The Labute approximate surface area is 141 Å². The highest BCUT2D eigenvalue weighted by atomic mass is 35.5. The minimum Gasteiger partial charge on any atom is -0.496 e. The van der Waals surface area contributed by atoms with Crippen LogP contribution in [0.25, 0.3) is 0 Å². The van der Waals surface area contributed by atoms with E-state index in [1.54, 1.807) is 7.11 Å². The summed E-state index contributed by atoms with van der Waals surface area (Å²) >= 11 is 0. The fourth-order valence-electron chi connectivity index (χ4n) is 3.11. The summed E-state index contributed by atoms with van der Waals surface area (Å²) in [6.45, 7) is 1.14. The molecule has 21 heavy (non-hydrogen) atoms. The highest BCUT2D eigenvalue weighted by Crippen LogP contribution is 2.40. The lowest BCUT2D eigenvalue weighted by Crippen LogP contribution is -2.28. The third kappa shape index (κ3) is 5.03. The van der Waals surface area contributed by atoms with E-state index in [0.29, 0.717) is 5.92 Å². The molecule has 2 N–H and O–H groups in total. The summed E-state index contributed by atoms with van der Waals surface area (Å²) in [6, 6.07) is 6.41. The van der Waals surface area contributed by atoms with Gasteiger partial charge in [0.05, 0.1) is 7.11 Å². The van der Waals surface area contributed by atoms with Gasteiger partial charge in [0.15, 0.2) is 0 Å². The second-order valence-corrected chi connectivity index (χ2v) is 5.80. The van der Waals surface area contributed by atoms with E-state index in [9.17, 15) is 0 Å². The Kier molecular flexibility index (Phi) is 9.30. The number of hydrogen-bond acceptors (Lipinski definition) is 3. The molecular formula is C16H28Cl2N2O. The summed E-state index contributed by atoms with van der Waals surface area (Å²) in [5.41, 5.74) is 9.10. The van der Waals surface area contributed by atoms with Crippen molar-refractivity contribution in [3.63, 3.8) is 0 Å². The van der Waals surface area contributed by atoms with Crippen LogP contribution in [0, 0.1) is 5.92 Å². The maximum atomic E-state index is 6.49. The van der Waals surface area contributed by atoms with E-state index in [0.717, 1.165) is 18.7 Å². The molecule has 0 aromatic heterocycles. The van der Waals surface area contributed by atoms with Crippen molar-refractivity contribution in [2.45, 2.75) is 31.7 Å². The van der Waals surface area contributed by atoms with Crippen molar-refractivity contribution in [1.82, 2.24) is 4.90 Å². The van der Waals surface area contributed by atoms with Crippen molar-refractivity contribution in [2.24, 2.45) is 11.7 Å². The van der Waals surface area contributed by atoms with Gasteiger partial charge in [0.25, 0.3) is 0 Å². The zero-order valence-electron chi connectivity index (χ0n) is 13.2. The van der Waals surface area contributed by atoms with Gasteiger partial charge in [-0.2, -0.15) is 0 Å². The van der Waals surface area contributed by atoms with Gasteiger partial charge in [-0.05, 0) is 63.9 Å². The number of rotatable bonds is 5. The number of fused-ring (bicyclic) bond motifs is 1. The number of benzene rings is 1. The Hall–Kier alpha value is -0.480. The molecule has 2 unspecified atom stereocenters. The van der Waals surface area contributed by atoms with E-state index in [4.69, 9.17) is 10.5 Å². The zero-order chi connectivity index (χ0) is 13.8. The summed E-state index contributed by atoms with van der Waals surface area (Å²) < 4.78 is 5.49. The maximum absolute atomic E-state index is 6.49. The van der Waals surface area contributed by atoms with Gasteiger partial charge in [-0.25, -0.2) is 0 Å². The van der Waals surface area contributed by atoms with Crippen LogP contribution in [0.4, 0.5) is 0 Å². The van der Waals surface area contributed by atoms with E-state index >= 15 is 0 Å². The molecule has 2 atom stereocenters. The molecule has 0 radical (unpaired) electrons. The largest absolute Gasteiger partial charge is 0.496 e. The zero-order valence-corrected chi connectivity index (χ0v) is 14.8. The summed E-state index contributed by atoms with van der Waals surface area (Å²) in [4.78, 5) is 2.24. The smallest absolute Gasteiger partial charge is 0.123 e. The van der Waals surface area contributed by atoms with E-state index in [1.165, 1.54) is 30.4 Å². The third-order valence-electron chi connectivity index (χ3n) is 4.18. The van der Waals surface area contributed by atoms with Crippen LogP contribution in [0.5, 0.6) is 5.75 Å². The quantitative estimate of drug-likeness (QED) is 0.896. The van der Waals surface area contributed by atoms with Crippen LogP contribution in [0.3, 0.4) is 0 Å². The van der Waals surface area contributed by atoms with Crippen molar-refractivity contribution < 1.29 is 4.74 Å². The van der Waals surface area contributed by atoms with E-state index in [-0.39, 0.29) is 30.9 Å². The van der Waals surface area contributed by atoms with Gasteiger partial charge in [0.1, 0.15) is 5.75 Å². The summed E-state index contributed by atoms with van der Waals surface area (Å²) in [5, 5.41) is 0. The molecule has 1 aliphatic rings. The third-order valence-corrected chi connectivity index (χ3v) is 4.18. The normalized spacial score (nSPS) is 20.2. The van der Waals surface area contributed by atoms with Gasteiger partial charge in [-0.3, -0.25) is 0 Å². The lowest BCUT2D eigenvalue weighted by Gasteiger charge is -2.32. The highest BCUT2D eigenvalue weighted by Gasteiger charge is 2.28. The van der Waals surface area contributed by atoms with Gasteiger partial charge in [-0.1, -0.05) is 12.1 Å². The van der Waals surface area contributed by atoms with Gasteiger partial charge >= 0.3 is 0 Å². The van der Waals surface area contributed by atoms with Crippen molar-refractivity contribution in [3.05, 3.63) is 29.3 Å². The Morgan fingerprint density at radius 2 is 2.00 bits per heavy atom. The molecule has 2 rings (SSSR count). The number of halogens is 2. The molecule has 0 spiro atoms. The fraction of sp³-hybridized carbons (Fsp3) is 0.625. The van der Waals surface area contributed by atoms with Crippen molar-refractivity contribution in [1.29, 1.82) is 0 Å². The van der Waals surface area contributed by atoms with Crippen LogP contribution in [-0.4, -0.2) is 32.6 Å². The fourth-order valence-corrected chi connectivity index (χ4v) is 3.11. The van der Waals surface area contributed by atoms with Crippen molar-refractivity contribution in [3.8, 4) is 5.75 Å². The number of ether oxygens (including phenoxy) is 1. The number of nitrogens with two attached hydrogens (primary N) is 1. The Morgan fingerprint density at radius 1 is 1.29 bits per heavy atom. The molecule has 1 aliphatic carbocycles. The van der Waals surface area contributed by atoms with Crippen molar-refractivity contribution >= 4 is 24.8 Å². The number of aryl methyl sites for hydroxylation is 1. The molecule has 0 saturated carbocycles. The molecule has 0 saturated heterocycles. The lowest BCUT2D eigenvalue weighted by molar-refractivity contribution is 0.306. The maximum Gasteiger partial charge on any atom is 0.123 e. The first-order chi connectivity index (χ1) is 9.13. The summed E-state index contributed by atoms with van der Waals surface area (Å²) in [5.74, 6) is 1.55. The Bertz CT molecular complexity index is 412. The standard InChI is InChI=1S/C16H26N2O.2ClH/c1-18(2)11-5-7-13-10-9-12-6-4-8-14(19-3)15(12)16(13)17;;/h4,6,8,13,16H,5,7,9-11,17H2,1-3H3;2*1H. The monoisotopic (exact) mass is 334 g/mol. The topological polar surface area (TPSA) is 38.5 Å². The van der Waals surface area contributed by atoms with Gasteiger partial charge in [0.2, 0.25) is 0 Å². The SMILES string of the molecule is COc1cccc2c1C(N)C(CCCN(C)C)CC2.Cl.Cl. The molecule has 1 aromatic rings. The summed E-state index contributed by atoms with van der Waals surface area (Å²) in [7, 11) is 5.98. The van der Waals surface area contributed by atoms with E-state index in [1.807, 2.05) is 6.07 Å². The van der Waals surface area contributed by atoms with Crippen LogP contribution < -0.4 is 10.5 Å². The first-order valence-corrected chi connectivity index (χ1v) is 7.19. The number of methoxy groups -OCH3 is 1. The first-order valence-electron chi connectivity index (χ1n) is 7.19. The molecule has 0 bridgehead atoms. The average molecular weight is 335 g/mol. The minimum absolute atomic E-state index is 0. The lowest BCUT2D eigenvalue weighted by atomic mass is 9.77. The summed E-state index contributed by atoms with van der Waals surface area (Å²) in [6.07, 6.45) is 4.76. The Morgan fingerprint density at radius 3 is 2.62 bits per heavy atom. The van der Waals surface area contributed by atoms with Gasteiger partial charge < -0.3 is 15.4 Å². The number of hydrogen-bond donors (Lipinski definition) is 1. The van der Waals surface area contributed by atoms with Crippen molar-refractivity contribution in [2.75, 3.05) is 27.7 Å². The van der Waals surface area contributed by atoms with Crippen LogP contribution in [-0.2, 0) is 6.42 Å². The molecule has 122 valence electrons. The molecule has 1 aromatic carbocycles. The van der Waals surface area contributed by atoms with E-state index in [2.05, 4.69) is 31.1 Å². The molecule has 0 heterocycles. The molecule has 0 aliphatic heterocycles.